The van der Waals surface area contributed by atoms with E-state index in [9.17, 15) is 5.11 Å². The van der Waals surface area contributed by atoms with Gasteiger partial charge in [-0.25, -0.2) is 0 Å². The quantitative estimate of drug-likeness (QED) is 0.619. The van der Waals surface area contributed by atoms with Crippen molar-refractivity contribution in [2.24, 2.45) is 0 Å². The van der Waals surface area contributed by atoms with Gasteiger partial charge in [-0.2, -0.15) is 0 Å². The molecule has 0 saturated heterocycles. The van der Waals surface area contributed by atoms with Gasteiger partial charge in [0.1, 0.15) is 26.4 Å². The van der Waals surface area contributed by atoms with Crippen molar-refractivity contribution >= 4 is 0 Å². The molecule has 3 aromatic rings. The molecule has 1 aliphatic heterocycles. The summed E-state index contributed by atoms with van der Waals surface area (Å²) in [5, 5.41) is 11.7. The molecule has 168 valence electrons. The molecule has 1 heterocycles. The first-order valence-corrected chi connectivity index (χ1v) is 10.7. The molecule has 6 nitrogen and oxygen atoms in total. The summed E-state index contributed by atoms with van der Waals surface area (Å²) in [4.78, 5) is 0. The van der Waals surface area contributed by atoms with Crippen LogP contribution in [0.2, 0.25) is 0 Å². The average Bonchev–Trinajstić information content (AvgIpc) is 2.82. The van der Waals surface area contributed by atoms with Gasteiger partial charge in [-0.05, 0) is 42.3 Å². The molecule has 0 aliphatic carbocycles. The van der Waals surface area contributed by atoms with Crippen molar-refractivity contribution in [3.8, 4) is 23.0 Å². The van der Waals surface area contributed by atoms with E-state index in [1.165, 1.54) is 0 Å². The van der Waals surface area contributed by atoms with Crippen LogP contribution in [0.4, 0.5) is 0 Å². The van der Waals surface area contributed by atoms with E-state index in [4.69, 9.17) is 23.7 Å². The van der Waals surface area contributed by atoms with E-state index in [1.54, 1.807) is 0 Å². The summed E-state index contributed by atoms with van der Waals surface area (Å²) in [5.41, 5.74) is 0.292. The summed E-state index contributed by atoms with van der Waals surface area (Å²) in [6, 6.07) is 22.5. The fourth-order valence-electron chi connectivity index (χ4n) is 3.59. The topological polar surface area (TPSA) is 66.4 Å². The van der Waals surface area contributed by atoms with Crippen molar-refractivity contribution < 1.29 is 28.8 Å². The number of aryl methyl sites for hydroxylation is 1. The summed E-state index contributed by atoms with van der Waals surface area (Å²) >= 11 is 0. The van der Waals surface area contributed by atoms with Gasteiger partial charge in [0, 0.05) is 0 Å². The minimum Gasteiger partial charge on any atom is -0.487 e. The summed E-state index contributed by atoms with van der Waals surface area (Å²) in [6.45, 7) is 3.52. The van der Waals surface area contributed by atoms with E-state index < -0.39 is 5.60 Å². The Morgan fingerprint density at radius 1 is 0.594 bits per heavy atom. The predicted molar refractivity (Wildman–Crippen MR) is 121 cm³/mol. The smallest absolute Gasteiger partial charge is 0.161 e. The molecule has 0 fully saturated rings. The van der Waals surface area contributed by atoms with Gasteiger partial charge >= 0.3 is 0 Å². The molecule has 0 amide bonds. The Morgan fingerprint density at radius 2 is 1.03 bits per heavy atom. The number of rotatable bonds is 1. The van der Waals surface area contributed by atoms with Crippen molar-refractivity contribution in [1.29, 1.82) is 0 Å². The zero-order valence-electron chi connectivity index (χ0n) is 18.2. The highest BCUT2D eigenvalue weighted by Crippen LogP contribution is 2.33. The van der Waals surface area contributed by atoms with Crippen molar-refractivity contribution in [2.45, 2.75) is 12.5 Å². The van der Waals surface area contributed by atoms with E-state index in [0.29, 0.717) is 49.4 Å². The number of fused-ring (bicyclic) bond motifs is 2. The lowest BCUT2D eigenvalue weighted by Crippen LogP contribution is -2.40. The number of hydrogen-bond acceptors (Lipinski definition) is 6. The summed E-state index contributed by atoms with van der Waals surface area (Å²) < 4.78 is 29.4. The molecule has 0 unspecified atom stereocenters. The van der Waals surface area contributed by atoms with E-state index in [1.807, 2.05) is 79.7 Å². The van der Waals surface area contributed by atoms with Gasteiger partial charge in [0.2, 0.25) is 0 Å². The molecule has 4 rings (SSSR count). The minimum absolute atomic E-state index is 0.0161. The number of aliphatic hydroxyl groups is 1. The van der Waals surface area contributed by atoms with Crippen LogP contribution in [0.25, 0.3) is 0 Å². The molecular formula is C26H28O6. The van der Waals surface area contributed by atoms with E-state index in [2.05, 4.69) is 0 Å². The van der Waals surface area contributed by atoms with Crippen LogP contribution in [0.3, 0.4) is 0 Å². The molecule has 3 aromatic carbocycles. The lowest BCUT2D eigenvalue weighted by molar-refractivity contribution is -0.0467. The Balaban J connectivity index is 1.66. The van der Waals surface area contributed by atoms with E-state index in [0.717, 1.165) is 11.1 Å². The van der Waals surface area contributed by atoms with E-state index >= 15 is 0 Å². The lowest BCUT2D eigenvalue weighted by atomic mass is 9.91. The molecular weight excluding hydrogens is 408 g/mol. The van der Waals surface area contributed by atoms with Crippen molar-refractivity contribution in [3.63, 3.8) is 0 Å². The fourth-order valence-corrected chi connectivity index (χ4v) is 3.59. The number of para-hydroxylation sites is 4. The third-order valence-corrected chi connectivity index (χ3v) is 5.25. The second-order valence-electron chi connectivity index (χ2n) is 7.63. The number of hydrogen-bond donors (Lipinski definition) is 1. The third-order valence-electron chi connectivity index (χ3n) is 5.25. The molecule has 1 N–H and O–H groups in total. The monoisotopic (exact) mass is 436 g/mol. The number of benzene rings is 3. The zero-order chi connectivity index (χ0) is 22.2. The van der Waals surface area contributed by atoms with Crippen LogP contribution in [0.1, 0.15) is 11.1 Å². The summed E-state index contributed by atoms with van der Waals surface area (Å²) in [5.74, 6) is 2.29. The van der Waals surface area contributed by atoms with Crippen LogP contribution in [0, 0.1) is 6.92 Å². The average molecular weight is 437 g/mol. The minimum atomic E-state index is -1.40. The first-order valence-electron chi connectivity index (χ1n) is 10.7. The normalized spacial score (nSPS) is 16.8. The van der Waals surface area contributed by atoms with Crippen LogP contribution in [-0.2, 0) is 10.3 Å². The highest BCUT2D eigenvalue weighted by molar-refractivity contribution is 5.41. The van der Waals surface area contributed by atoms with Gasteiger partial charge in [-0.3, -0.25) is 0 Å². The summed E-state index contributed by atoms with van der Waals surface area (Å²) in [7, 11) is 0. The molecule has 0 radical (unpaired) electrons. The first kappa shape index (κ1) is 22.0. The fraction of sp³-hybridized carbons (Fsp3) is 0.308. The lowest BCUT2D eigenvalue weighted by Gasteiger charge is -2.30. The SMILES string of the molecule is Cc1ccccc1C1(O)COc2ccccc2OCCOCCOc2ccccc2OC1. The molecule has 6 heteroatoms. The van der Waals surface area contributed by atoms with Crippen molar-refractivity contribution in [1.82, 2.24) is 0 Å². The van der Waals surface area contributed by atoms with Gasteiger partial charge in [-0.15, -0.1) is 0 Å². The van der Waals surface area contributed by atoms with Gasteiger partial charge < -0.3 is 28.8 Å². The second kappa shape index (κ2) is 10.4. The maximum atomic E-state index is 11.7. The second-order valence-corrected chi connectivity index (χ2v) is 7.63. The van der Waals surface area contributed by atoms with Crippen LogP contribution in [0.15, 0.2) is 72.8 Å². The summed E-state index contributed by atoms with van der Waals surface area (Å²) in [6.07, 6.45) is 0. The molecule has 0 bridgehead atoms. The third kappa shape index (κ3) is 5.33. The van der Waals surface area contributed by atoms with Gasteiger partial charge in [0.05, 0.1) is 13.2 Å². The number of ether oxygens (including phenoxy) is 5. The van der Waals surface area contributed by atoms with E-state index in [-0.39, 0.29) is 13.2 Å². The van der Waals surface area contributed by atoms with Gasteiger partial charge in [0.25, 0.3) is 0 Å². The molecule has 0 aromatic heterocycles. The Hall–Kier alpha value is -3.22. The van der Waals surface area contributed by atoms with Gasteiger partial charge in [-0.1, -0.05) is 48.5 Å². The van der Waals surface area contributed by atoms with Crippen molar-refractivity contribution in [2.75, 3.05) is 39.6 Å². The van der Waals surface area contributed by atoms with Crippen LogP contribution < -0.4 is 18.9 Å². The van der Waals surface area contributed by atoms with Crippen LogP contribution >= 0.6 is 0 Å². The Labute approximate surface area is 188 Å². The molecule has 1 aliphatic rings. The molecule has 0 atom stereocenters. The maximum Gasteiger partial charge on any atom is 0.161 e. The molecule has 0 spiro atoms. The Morgan fingerprint density at radius 3 is 1.53 bits per heavy atom. The largest absolute Gasteiger partial charge is 0.487 e. The maximum absolute atomic E-state index is 11.7. The predicted octanol–water partition coefficient (Wildman–Crippen LogP) is 4.13. The standard InChI is InChI=1S/C26H28O6/c1-20-8-2-3-9-21(20)26(27)18-31-24-12-6-4-10-22(24)29-16-14-28-15-17-30-23-11-5-7-13-25(23)32-19-26/h2-13,27H,14-19H2,1H3. The Bertz CT molecular complexity index is 963. The van der Waals surface area contributed by atoms with Crippen molar-refractivity contribution in [3.05, 3.63) is 83.9 Å². The van der Waals surface area contributed by atoms with Gasteiger partial charge in [0.15, 0.2) is 28.6 Å². The highest BCUT2D eigenvalue weighted by atomic mass is 16.6. The molecule has 0 saturated carbocycles. The zero-order valence-corrected chi connectivity index (χ0v) is 18.2. The molecule has 32 heavy (non-hydrogen) atoms. The highest BCUT2D eigenvalue weighted by Gasteiger charge is 2.34. The Kier molecular flexibility index (Phi) is 7.14. The first-order chi connectivity index (χ1) is 15.7. The van der Waals surface area contributed by atoms with Crippen LogP contribution in [-0.4, -0.2) is 44.7 Å². The van der Waals surface area contributed by atoms with Crippen LogP contribution in [0.5, 0.6) is 23.0 Å².